The summed E-state index contributed by atoms with van der Waals surface area (Å²) in [6.45, 7) is 6.51. The molecule has 3 rings (SSSR count). The van der Waals surface area contributed by atoms with E-state index in [2.05, 4.69) is 32.4 Å². The predicted molar refractivity (Wildman–Crippen MR) is 74.0 cm³/mol. The van der Waals surface area contributed by atoms with Gasteiger partial charge in [0.2, 0.25) is 0 Å². The van der Waals surface area contributed by atoms with E-state index in [1.165, 1.54) is 4.52 Å². The molecule has 0 amide bonds. The average molecular weight is 278 g/mol. The summed E-state index contributed by atoms with van der Waals surface area (Å²) >= 11 is 0. The van der Waals surface area contributed by atoms with Crippen LogP contribution < -0.4 is 11.0 Å². The third kappa shape index (κ3) is 2.66. The second-order valence-corrected chi connectivity index (χ2v) is 4.78. The molecular formula is C12H18N6O2. The molecule has 0 saturated carbocycles. The van der Waals surface area contributed by atoms with Gasteiger partial charge in [0.05, 0.1) is 12.7 Å². The van der Waals surface area contributed by atoms with Gasteiger partial charge in [-0.1, -0.05) is 6.92 Å². The van der Waals surface area contributed by atoms with E-state index >= 15 is 0 Å². The normalized spacial score (nSPS) is 20.4. The van der Waals surface area contributed by atoms with Gasteiger partial charge in [0.1, 0.15) is 5.82 Å². The molecule has 1 fully saturated rings. The van der Waals surface area contributed by atoms with Gasteiger partial charge in [-0.2, -0.15) is 9.61 Å². The van der Waals surface area contributed by atoms with Crippen LogP contribution in [0.2, 0.25) is 0 Å². The molecule has 1 aliphatic heterocycles. The number of ether oxygens (including phenoxy) is 1. The standard InChI is InChI=1S/C12H18N6O2/c1-2-17-5-6-20-9(8-17)7-13-10-3-4-11-14-15-12(19)18(11)16-10/h3-4,9H,2,5-8H2,1H3,(H,13,16)(H,15,19). The van der Waals surface area contributed by atoms with Crippen LogP contribution in [0.4, 0.5) is 5.82 Å². The Bertz CT molecular complexity index is 636. The van der Waals surface area contributed by atoms with Crippen molar-refractivity contribution in [2.24, 2.45) is 0 Å². The lowest BCUT2D eigenvalue weighted by Gasteiger charge is -2.32. The maximum Gasteiger partial charge on any atom is 0.364 e. The zero-order chi connectivity index (χ0) is 13.9. The molecule has 1 unspecified atom stereocenters. The van der Waals surface area contributed by atoms with Crippen LogP contribution >= 0.6 is 0 Å². The number of likely N-dealkylation sites (N-methyl/N-ethyl adjacent to an activating group) is 1. The first kappa shape index (κ1) is 13.1. The maximum absolute atomic E-state index is 11.4. The lowest BCUT2D eigenvalue weighted by molar-refractivity contribution is -0.0192. The number of aromatic nitrogens is 4. The van der Waals surface area contributed by atoms with Crippen LogP contribution in [0.5, 0.6) is 0 Å². The van der Waals surface area contributed by atoms with Crippen LogP contribution in [0.15, 0.2) is 16.9 Å². The van der Waals surface area contributed by atoms with E-state index in [9.17, 15) is 4.79 Å². The monoisotopic (exact) mass is 278 g/mol. The van der Waals surface area contributed by atoms with E-state index in [4.69, 9.17) is 4.74 Å². The van der Waals surface area contributed by atoms with Gasteiger partial charge < -0.3 is 10.1 Å². The van der Waals surface area contributed by atoms with E-state index in [1.807, 2.05) is 0 Å². The van der Waals surface area contributed by atoms with Crippen molar-refractivity contribution in [2.45, 2.75) is 13.0 Å². The van der Waals surface area contributed by atoms with Gasteiger partial charge in [-0.15, -0.1) is 5.10 Å². The van der Waals surface area contributed by atoms with Gasteiger partial charge in [-0.05, 0) is 18.7 Å². The number of hydrogen-bond acceptors (Lipinski definition) is 6. The molecular weight excluding hydrogens is 260 g/mol. The zero-order valence-corrected chi connectivity index (χ0v) is 11.4. The highest BCUT2D eigenvalue weighted by Gasteiger charge is 2.19. The second-order valence-electron chi connectivity index (χ2n) is 4.78. The number of anilines is 1. The second kappa shape index (κ2) is 5.59. The number of H-pyrrole nitrogens is 1. The van der Waals surface area contributed by atoms with Crippen LogP contribution in [-0.2, 0) is 4.74 Å². The average Bonchev–Trinajstić information content (AvgIpc) is 2.86. The summed E-state index contributed by atoms with van der Waals surface area (Å²) in [4.78, 5) is 13.8. The number of nitrogens with zero attached hydrogens (tertiary/aromatic N) is 4. The van der Waals surface area contributed by atoms with Gasteiger partial charge in [0, 0.05) is 19.6 Å². The third-order valence-electron chi connectivity index (χ3n) is 3.45. The largest absolute Gasteiger partial charge is 0.374 e. The van der Waals surface area contributed by atoms with Crippen molar-refractivity contribution in [1.82, 2.24) is 24.7 Å². The number of aromatic amines is 1. The number of nitrogens with one attached hydrogen (secondary N) is 2. The van der Waals surface area contributed by atoms with Crippen LogP contribution in [-0.4, -0.2) is 63.6 Å². The van der Waals surface area contributed by atoms with Crippen molar-refractivity contribution in [1.29, 1.82) is 0 Å². The summed E-state index contributed by atoms with van der Waals surface area (Å²) in [5, 5.41) is 13.6. The molecule has 1 aliphatic rings. The Morgan fingerprint density at radius 3 is 3.30 bits per heavy atom. The van der Waals surface area contributed by atoms with Crippen molar-refractivity contribution in [3.63, 3.8) is 0 Å². The first-order chi connectivity index (χ1) is 9.76. The highest BCUT2D eigenvalue weighted by Crippen LogP contribution is 2.07. The van der Waals surface area contributed by atoms with E-state index in [0.29, 0.717) is 18.0 Å². The number of fused-ring (bicyclic) bond motifs is 1. The minimum absolute atomic E-state index is 0.141. The SMILES string of the molecule is CCN1CCOC(CNc2ccc3n[nH]c(=O)n3n2)C1. The Balaban J connectivity index is 1.64. The minimum Gasteiger partial charge on any atom is -0.374 e. The highest BCUT2D eigenvalue weighted by atomic mass is 16.5. The van der Waals surface area contributed by atoms with Crippen molar-refractivity contribution in [3.05, 3.63) is 22.6 Å². The van der Waals surface area contributed by atoms with Crippen LogP contribution in [0.25, 0.3) is 5.65 Å². The molecule has 0 aliphatic carbocycles. The molecule has 20 heavy (non-hydrogen) atoms. The molecule has 3 heterocycles. The molecule has 1 atom stereocenters. The summed E-state index contributed by atoms with van der Waals surface area (Å²) in [6, 6.07) is 3.54. The Hall–Kier alpha value is -1.93. The lowest BCUT2D eigenvalue weighted by atomic mass is 10.2. The molecule has 2 aromatic heterocycles. The molecule has 2 aromatic rings. The third-order valence-corrected chi connectivity index (χ3v) is 3.45. The smallest absolute Gasteiger partial charge is 0.364 e. The molecule has 0 aromatic carbocycles. The number of rotatable bonds is 4. The van der Waals surface area contributed by atoms with Crippen LogP contribution in [0.3, 0.4) is 0 Å². The molecule has 8 nitrogen and oxygen atoms in total. The van der Waals surface area contributed by atoms with E-state index < -0.39 is 0 Å². The maximum atomic E-state index is 11.4. The molecule has 2 N–H and O–H groups in total. The van der Waals surface area contributed by atoms with Crippen molar-refractivity contribution in [3.8, 4) is 0 Å². The molecule has 1 saturated heterocycles. The van der Waals surface area contributed by atoms with E-state index in [1.54, 1.807) is 12.1 Å². The lowest BCUT2D eigenvalue weighted by Crippen LogP contribution is -2.45. The molecule has 108 valence electrons. The Morgan fingerprint density at radius 2 is 2.45 bits per heavy atom. The minimum atomic E-state index is -0.338. The Labute approximate surface area is 115 Å². The molecule has 0 bridgehead atoms. The first-order valence-corrected chi connectivity index (χ1v) is 6.78. The van der Waals surface area contributed by atoms with E-state index in [-0.39, 0.29) is 11.8 Å². The summed E-state index contributed by atoms with van der Waals surface area (Å²) in [5.41, 5.74) is 0.168. The fourth-order valence-electron chi connectivity index (χ4n) is 2.31. The Kier molecular flexibility index (Phi) is 3.66. The summed E-state index contributed by atoms with van der Waals surface area (Å²) in [5.74, 6) is 0.637. The van der Waals surface area contributed by atoms with Crippen molar-refractivity contribution in [2.75, 3.05) is 38.1 Å². The van der Waals surface area contributed by atoms with Gasteiger partial charge in [0.15, 0.2) is 5.65 Å². The summed E-state index contributed by atoms with van der Waals surface area (Å²) < 4.78 is 6.95. The van der Waals surface area contributed by atoms with Crippen molar-refractivity contribution < 1.29 is 4.74 Å². The number of morpholine rings is 1. The highest BCUT2D eigenvalue weighted by molar-refractivity contribution is 5.42. The molecule has 0 radical (unpaired) electrons. The Morgan fingerprint density at radius 1 is 1.55 bits per heavy atom. The van der Waals surface area contributed by atoms with Crippen molar-refractivity contribution >= 4 is 11.5 Å². The van der Waals surface area contributed by atoms with E-state index in [0.717, 1.165) is 26.2 Å². The molecule has 8 heteroatoms. The topological polar surface area (TPSA) is 87.5 Å². The first-order valence-electron chi connectivity index (χ1n) is 6.78. The fraction of sp³-hybridized carbons (Fsp3) is 0.583. The van der Waals surface area contributed by atoms with Gasteiger partial charge in [-0.25, -0.2) is 9.89 Å². The van der Waals surface area contributed by atoms with Crippen LogP contribution in [0.1, 0.15) is 6.92 Å². The van der Waals surface area contributed by atoms with Gasteiger partial charge >= 0.3 is 5.69 Å². The van der Waals surface area contributed by atoms with Crippen LogP contribution in [0, 0.1) is 0 Å². The summed E-state index contributed by atoms with van der Waals surface area (Å²) in [6.07, 6.45) is 0.141. The quantitative estimate of drug-likeness (QED) is 0.787. The summed E-state index contributed by atoms with van der Waals surface area (Å²) in [7, 11) is 0. The zero-order valence-electron chi connectivity index (χ0n) is 11.4. The molecule has 0 spiro atoms. The predicted octanol–water partition coefficient (Wildman–Crippen LogP) is -0.450. The number of hydrogen-bond donors (Lipinski definition) is 2. The fourth-order valence-corrected chi connectivity index (χ4v) is 2.31. The van der Waals surface area contributed by atoms with Gasteiger partial charge in [0.25, 0.3) is 0 Å². The van der Waals surface area contributed by atoms with Gasteiger partial charge in [-0.3, -0.25) is 4.90 Å².